The van der Waals surface area contributed by atoms with Gasteiger partial charge in [-0.05, 0) is 61.7 Å². The minimum Gasteiger partial charge on any atom is -0.496 e. The van der Waals surface area contributed by atoms with Gasteiger partial charge in [0.15, 0.2) is 0 Å². The summed E-state index contributed by atoms with van der Waals surface area (Å²) in [5.74, 6) is -0.135. The van der Waals surface area contributed by atoms with Crippen molar-refractivity contribution >= 4 is 33.2 Å². The second kappa shape index (κ2) is 9.15. The lowest BCUT2D eigenvalue weighted by Gasteiger charge is -2.21. The third-order valence-corrected chi connectivity index (χ3v) is 7.18. The average molecular weight is 437 g/mol. The molecule has 3 rings (SSSR count). The van der Waals surface area contributed by atoms with Crippen molar-refractivity contribution in [1.29, 1.82) is 0 Å². The molecule has 1 N–H and O–H groups in total. The van der Waals surface area contributed by atoms with E-state index in [1.807, 2.05) is 6.92 Å². The topological polar surface area (TPSA) is 75.7 Å². The molecule has 0 spiro atoms. The number of nitrogens with one attached hydrogen (secondary N) is 1. The molecule has 1 amide bonds. The second-order valence-electron chi connectivity index (χ2n) is 7.09. The largest absolute Gasteiger partial charge is 0.496 e. The molecule has 6 nitrogen and oxygen atoms in total. The monoisotopic (exact) mass is 436 g/mol. The summed E-state index contributed by atoms with van der Waals surface area (Å²) >= 11 is 5.97. The number of ether oxygens (including phenoxy) is 1. The summed E-state index contributed by atoms with van der Waals surface area (Å²) in [4.78, 5) is 13.0. The van der Waals surface area contributed by atoms with Gasteiger partial charge >= 0.3 is 0 Å². The highest BCUT2D eigenvalue weighted by atomic mass is 35.5. The van der Waals surface area contributed by atoms with Crippen LogP contribution in [0.4, 0.5) is 5.69 Å². The molecule has 0 unspecified atom stereocenters. The van der Waals surface area contributed by atoms with Crippen LogP contribution in [0.5, 0.6) is 5.75 Å². The Morgan fingerprint density at radius 3 is 2.38 bits per heavy atom. The SMILES string of the molecule is COc1ccc(S(=O)(=O)N2CCCCCC2)cc1C(=O)Nc1ccc(Cl)cc1C. The number of rotatable bonds is 5. The van der Waals surface area contributed by atoms with E-state index in [0.29, 0.717) is 29.5 Å². The molecule has 0 aromatic heterocycles. The number of benzene rings is 2. The van der Waals surface area contributed by atoms with Crippen LogP contribution in [0.25, 0.3) is 0 Å². The normalized spacial score (nSPS) is 15.6. The summed E-state index contributed by atoms with van der Waals surface area (Å²) < 4.78 is 33.0. The molecule has 2 aromatic rings. The number of halogens is 1. The number of carbonyl (C=O) groups is 1. The van der Waals surface area contributed by atoms with Gasteiger partial charge in [-0.25, -0.2) is 8.42 Å². The van der Waals surface area contributed by atoms with Gasteiger partial charge in [-0.15, -0.1) is 0 Å². The first-order valence-electron chi connectivity index (χ1n) is 9.58. The van der Waals surface area contributed by atoms with Crippen LogP contribution in [0.2, 0.25) is 5.02 Å². The lowest BCUT2D eigenvalue weighted by Crippen LogP contribution is -2.32. The van der Waals surface area contributed by atoms with Crippen molar-refractivity contribution in [3.05, 3.63) is 52.5 Å². The number of aryl methyl sites for hydroxylation is 1. The summed E-state index contributed by atoms with van der Waals surface area (Å²) in [7, 11) is -2.23. The quantitative estimate of drug-likeness (QED) is 0.750. The fourth-order valence-corrected chi connectivity index (χ4v) is 5.18. The third-order valence-electron chi connectivity index (χ3n) is 5.06. The van der Waals surface area contributed by atoms with Crippen molar-refractivity contribution in [3.63, 3.8) is 0 Å². The molecule has 156 valence electrons. The number of amides is 1. The molecular weight excluding hydrogens is 412 g/mol. The van der Waals surface area contributed by atoms with E-state index in [9.17, 15) is 13.2 Å². The second-order valence-corrected chi connectivity index (χ2v) is 9.47. The Balaban J connectivity index is 1.93. The van der Waals surface area contributed by atoms with Crippen LogP contribution in [0.1, 0.15) is 41.6 Å². The maximum absolute atomic E-state index is 13.1. The fourth-order valence-electron chi connectivity index (χ4n) is 3.41. The molecule has 8 heteroatoms. The van der Waals surface area contributed by atoms with E-state index < -0.39 is 15.9 Å². The Morgan fingerprint density at radius 2 is 1.76 bits per heavy atom. The highest BCUT2D eigenvalue weighted by molar-refractivity contribution is 7.89. The first-order chi connectivity index (χ1) is 13.8. The van der Waals surface area contributed by atoms with E-state index in [4.69, 9.17) is 16.3 Å². The van der Waals surface area contributed by atoms with Gasteiger partial charge in [-0.3, -0.25) is 4.79 Å². The Morgan fingerprint density at radius 1 is 1.07 bits per heavy atom. The van der Waals surface area contributed by atoms with Crippen LogP contribution in [-0.2, 0) is 10.0 Å². The van der Waals surface area contributed by atoms with Gasteiger partial charge < -0.3 is 10.1 Å². The van der Waals surface area contributed by atoms with E-state index in [0.717, 1.165) is 31.2 Å². The number of carbonyl (C=O) groups excluding carboxylic acids is 1. The van der Waals surface area contributed by atoms with Gasteiger partial charge in [0.1, 0.15) is 5.75 Å². The van der Waals surface area contributed by atoms with Crippen LogP contribution in [0.15, 0.2) is 41.3 Å². The standard InChI is InChI=1S/C21H25ClN2O4S/c1-15-13-16(22)7-9-19(15)23-21(25)18-14-17(8-10-20(18)28-2)29(26,27)24-11-5-3-4-6-12-24/h7-10,13-14H,3-6,11-12H2,1-2H3,(H,23,25). The Kier molecular flexibility index (Phi) is 6.82. The van der Waals surface area contributed by atoms with E-state index in [1.165, 1.54) is 29.6 Å². The van der Waals surface area contributed by atoms with Crippen molar-refractivity contribution in [2.75, 3.05) is 25.5 Å². The fraction of sp³-hybridized carbons (Fsp3) is 0.381. The van der Waals surface area contributed by atoms with Crippen molar-refractivity contribution in [1.82, 2.24) is 4.31 Å². The zero-order valence-electron chi connectivity index (χ0n) is 16.6. The van der Waals surface area contributed by atoms with Gasteiger partial charge in [0.2, 0.25) is 10.0 Å². The van der Waals surface area contributed by atoms with Gasteiger partial charge in [0.05, 0.1) is 17.6 Å². The summed E-state index contributed by atoms with van der Waals surface area (Å²) in [5.41, 5.74) is 1.57. The van der Waals surface area contributed by atoms with Gasteiger partial charge in [-0.1, -0.05) is 24.4 Å². The maximum Gasteiger partial charge on any atom is 0.259 e. The molecule has 1 fully saturated rings. The summed E-state index contributed by atoms with van der Waals surface area (Å²) in [6, 6.07) is 9.54. The van der Waals surface area contributed by atoms with Crippen LogP contribution >= 0.6 is 11.6 Å². The first-order valence-corrected chi connectivity index (χ1v) is 11.4. The molecule has 2 aromatic carbocycles. The number of hydrogen-bond acceptors (Lipinski definition) is 4. The molecule has 1 aliphatic heterocycles. The van der Waals surface area contributed by atoms with Crippen LogP contribution < -0.4 is 10.1 Å². The molecule has 0 aliphatic carbocycles. The zero-order valence-corrected chi connectivity index (χ0v) is 18.1. The summed E-state index contributed by atoms with van der Waals surface area (Å²) in [6.45, 7) is 2.83. The highest BCUT2D eigenvalue weighted by Crippen LogP contribution is 2.28. The van der Waals surface area contributed by atoms with E-state index in [-0.39, 0.29) is 10.5 Å². The maximum atomic E-state index is 13.1. The number of nitrogens with zero attached hydrogens (tertiary/aromatic N) is 1. The van der Waals surface area contributed by atoms with Crippen molar-refractivity contribution in [3.8, 4) is 5.75 Å². The van der Waals surface area contributed by atoms with Gasteiger partial charge in [0.25, 0.3) is 5.91 Å². The van der Waals surface area contributed by atoms with Crippen molar-refractivity contribution in [2.45, 2.75) is 37.5 Å². The minimum absolute atomic E-state index is 0.0955. The molecule has 29 heavy (non-hydrogen) atoms. The number of hydrogen-bond donors (Lipinski definition) is 1. The van der Waals surface area contributed by atoms with Gasteiger partial charge in [0, 0.05) is 23.8 Å². The molecule has 1 saturated heterocycles. The van der Waals surface area contributed by atoms with Crippen molar-refractivity contribution in [2.24, 2.45) is 0 Å². The molecule has 0 radical (unpaired) electrons. The molecule has 0 atom stereocenters. The van der Waals surface area contributed by atoms with Crippen LogP contribution in [-0.4, -0.2) is 38.8 Å². The molecule has 0 bridgehead atoms. The Hall–Kier alpha value is -2.09. The van der Waals surface area contributed by atoms with Crippen LogP contribution in [0.3, 0.4) is 0 Å². The van der Waals surface area contributed by atoms with E-state index in [2.05, 4.69) is 5.32 Å². The molecule has 1 aliphatic rings. The predicted octanol–water partition coefficient (Wildman–Crippen LogP) is 4.47. The van der Waals surface area contributed by atoms with E-state index in [1.54, 1.807) is 18.2 Å². The number of sulfonamides is 1. The third kappa shape index (κ3) is 4.91. The number of methoxy groups -OCH3 is 1. The van der Waals surface area contributed by atoms with Gasteiger partial charge in [-0.2, -0.15) is 4.31 Å². The predicted molar refractivity (Wildman–Crippen MR) is 114 cm³/mol. The lowest BCUT2D eigenvalue weighted by atomic mass is 10.1. The smallest absolute Gasteiger partial charge is 0.259 e. The summed E-state index contributed by atoms with van der Waals surface area (Å²) in [6.07, 6.45) is 3.75. The lowest BCUT2D eigenvalue weighted by molar-refractivity contribution is 0.102. The number of anilines is 1. The van der Waals surface area contributed by atoms with E-state index >= 15 is 0 Å². The molecule has 0 saturated carbocycles. The highest BCUT2D eigenvalue weighted by Gasteiger charge is 2.27. The summed E-state index contributed by atoms with van der Waals surface area (Å²) in [5, 5.41) is 3.38. The zero-order chi connectivity index (χ0) is 21.0. The molecular formula is C21H25ClN2O4S. The van der Waals surface area contributed by atoms with Crippen LogP contribution in [0, 0.1) is 6.92 Å². The Bertz CT molecular complexity index is 1000. The van der Waals surface area contributed by atoms with Crippen molar-refractivity contribution < 1.29 is 17.9 Å². The first kappa shape index (κ1) is 21.6. The average Bonchev–Trinajstić information content (AvgIpc) is 2.99. The molecule has 1 heterocycles. The Labute approximate surface area is 176 Å². The minimum atomic E-state index is -3.67.